The van der Waals surface area contributed by atoms with Crippen LogP contribution in [0.15, 0.2) is 10.7 Å². The predicted octanol–water partition coefficient (Wildman–Crippen LogP) is 2.55. The van der Waals surface area contributed by atoms with Crippen molar-refractivity contribution in [2.45, 2.75) is 18.4 Å². The van der Waals surface area contributed by atoms with Crippen LogP contribution in [0, 0.1) is 4.64 Å². The van der Waals surface area contributed by atoms with Crippen molar-refractivity contribution in [3.05, 3.63) is 21.1 Å². The summed E-state index contributed by atoms with van der Waals surface area (Å²) in [4.78, 5) is 7.47. The van der Waals surface area contributed by atoms with E-state index in [-0.39, 0.29) is 5.60 Å². The summed E-state index contributed by atoms with van der Waals surface area (Å²) >= 11 is 8.51. The predicted molar refractivity (Wildman–Crippen MR) is 65.9 cm³/mol. The highest BCUT2D eigenvalue weighted by molar-refractivity contribution is 9.10. The molecule has 1 aliphatic rings. The molecule has 0 aliphatic carbocycles. The van der Waals surface area contributed by atoms with E-state index in [2.05, 4.69) is 25.9 Å². The van der Waals surface area contributed by atoms with E-state index in [4.69, 9.17) is 21.7 Å². The molecular weight excluding hydrogens is 292 g/mol. The molecule has 1 aromatic heterocycles. The number of methoxy groups -OCH3 is 1. The fourth-order valence-electron chi connectivity index (χ4n) is 1.85. The second kappa shape index (κ2) is 4.91. The quantitative estimate of drug-likeness (QED) is 0.853. The average molecular weight is 305 g/mol. The summed E-state index contributed by atoms with van der Waals surface area (Å²) in [6, 6.07) is 0. The number of hydrogen-bond donors (Lipinski definition) is 1. The first-order chi connectivity index (χ1) is 7.68. The van der Waals surface area contributed by atoms with Crippen molar-refractivity contribution in [3.63, 3.8) is 0 Å². The number of aromatic nitrogens is 2. The Morgan fingerprint density at radius 2 is 2.25 bits per heavy atom. The van der Waals surface area contributed by atoms with Crippen LogP contribution in [0.1, 0.15) is 18.7 Å². The SMILES string of the molecule is COC1(c2ncc(Br)c(=S)[nH]2)CCOCC1. The third-order valence-corrected chi connectivity index (χ3v) is 4.06. The summed E-state index contributed by atoms with van der Waals surface area (Å²) in [5, 5.41) is 0. The van der Waals surface area contributed by atoms with Gasteiger partial charge in [0.15, 0.2) is 0 Å². The highest BCUT2D eigenvalue weighted by Gasteiger charge is 2.36. The smallest absolute Gasteiger partial charge is 0.139 e. The van der Waals surface area contributed by atoms with Gasteiger partial charge in [0.2, 0.25) is 0 Å². The fraction of sp³-hybridized carbons (Fsp3) is 0.600. The van der Waals surface area contributed by atoms with Crippen LogP contribution in [0.3, 0.4) is 0 Å². The number of halogens is 1. The molecule has 0 bridgehead atoms. The van der Waals surface area contributed by atoms with E-state index in [1.807, 2.05) is 0 Å². The van der Waals surface area contributed by atoms with Crippen LogP contribution in [-0.4, -0.2) is 30.3 Å². The Morgan fingerprint density at radius 3 is 2.81 bits per heavy atom. The Hall–Kier alpha value is -0.300. The summed E-state index contributed by atoms with van der Waals surface area (Å²) in [5.41, 5.74) is -0.382. The molecule has 4 nitrogen and oxygen atoms in total. The average Bonchev–Trinajstić information content (AvgIpc) is 2.33. The molecule has 1 saturated heterocycles. The number of hydrogen-bond acceptors (Lipinski definition) is 4. The molecule has 0 aromatic carbocycles. The lowest BCUT2D eigenvalue weighted by molar-refractivity contribution is -0.100. The molecule has 88 valence electrons. The van der Waals surface area contributed by atoms with Crippen molar-refractivity contribution in [1.29, 1.82) is 0 Å². The third kappa shape index (κ3) is 2.20. The summed E-state index contributed by atoms with van der Waals surface area (Å²) < 4.78 is 12.4. The Morgan fingerprint density at radius 1 is 1.56 bits per heavy atom. The largest absolute Gasteiger partial charge is 0.381 e. The molecule has 2 rings (SSSR count). The zero-order valence-corrected chi connectivity index (χ0v) is 11.4. The summed E-state index contributed by atoms with van der Waals surface area (Å²) in [6.45, 7) is 1.37. The number of nitrogens with one attached hydrogen (secondary N) is 1. The van der Waals surface area contributed by atoms with Crippen molar-refractivity contribution in [1.82, 2.24) is 9.97 Å². The van der Waals surface area contributed by atoms with Crippen LogP contribution in [0.5, 0.6) is 0 Å². The van der Waals surface area contributed by atoms with E-state index in [9.17, 15) is 0 Å². The van der Waals surface area contributed by atoms with Gasteiger partial charge in [-0.05, 0) is 15.9 Å². The number of aromatic amines is 1. The normalized spacial score (nSPS) is 19.6. The molecule has 0 radical (unpaired) electrons. The van der Waals surface area contributed by atoms with Gasteiger partial charge in [-0.3, -0.25) is 0 Å². The van der Waals surface area contributed by atoms with Crippen LogP contribution < -0.4 is 0 Å². The van der Waals surface area contributed by atoms with Gasteiger partial charge >= 0.3 is 0 Å². The molecule has 1 fully saturated rings. The summed E-state index contributed by atoms with van der Waals surface area (Å²) in [6.07, 6.45) is 3.30. The maximum absolute atomic E-state index is 5.62. The molecule has 0 spiro atoms. The Labute approximate surface area is 108 Å². The molecular formula is C10H13BrN2O2S. The zero-order chi connectivity index (χ0) is 11.6. The monoisotopic (exact) mass is 304 g/mol. The van der Waals surface area contributed by atoms with Crippen LogP contribution in [0.25, 0.3) is 0 Å². The van der Waals surface area contributed by atoms with E-state index in [1.165, 1.54) is 0 Å². The summed E-state index contributed by atoms with van der Waals surface area (Å²) in [7, 11) is 1.70. The molecule has 6 heteroatoms. The summed E-state index contributed by atoms with van der Waals surface area (Å²) in [5.74, 6) is 0.784. The maximum Gasteiger partial charge on any atom is 0.139 e. The molecule has 0 saturated carbocycles. The lowest BCUT2D eigenvalue weighted by Crippen LogP contribution is -2.37. The fourth-order valence-corrected chi connectivity index (χ4v) is 2.20. The van der Waals surface area contributed by atoms with Gasteiger partial charge in [0, 0.05) is 39.4 Å². The minimum Gasteiger partial charge on any atom is -0.381 e. The first-order valence-corrected chi connectivity index (χ1v) is 6.26. The van der Waals surface area contributed by atoms with Crippen LogP contribution in [-0.2, 0) is 15.1 Å². The highest BCUT2D eigenvalue weighted by atomic mass is 79.9. The molecule has 16 heavy (non-hydrogen) atoms. The molecule has 0 amide bonds. The maximum atomic E-state index is 5.62. The second-order valence-electron chi connectivity index (χ2n) is 3.72. The van der Waals surface area contributed by atoms with Crippen molar-refractivity contribution in [2.75, 3.05) is 20.3 Å². The van der Waals surface area contributed by atoms with Crippen LogP contribution in [0.4, 0.5) is 0 Å². The second-order valence-corrected chi connectivity index (χ2v) is 4.98. The Balaban J connectivity index is 2.39. The molecule has 2 heterocycles. The van der Waals surface area contributed by atoms with Gasteiger partial charge in [0.1, 0.15) is 16.1 Å². The van der Waals surface area contributed by atoms with Gasteiger partial charge in [-0.1, -0.05) is 12.2 Å². The van der Waals surface area contributed by atoms with Crippen molar-refractivity contribution < 1.29 is 9.47 Å². The lowest BCUT2D eigenvalue weighted by Gasteiger charge is -2.34. The third-order valence-electron chi connectivity index (χ3n) is 2.88. The van der Waals surface area contributed by atoms with E-state index in [0.29, 0.717) is 17.9 Å². The Kier molecular flexibility index (Phi) is 3.73. The van der Waals surface area contributed by atoms with E-state index in [0.717, 1.165) is 23.1 Å². The lowest BCUT2D eigenvalue weighted by atomic mass is 9.93. The number of H-pyrrole nitrogens is 1. The first kappa shape index (κ1) is 12.2. The van der Waals surface area contributed by atoms with E-state index in [1.54, 1.807) is 13.3 Å². The van der Waals surface area contributed by atoms with Crippen molar-refractivity contribution in [2.24, 2.45) is 0 Å². The standard InChI is InChI=1S/C10H13BrN2O2S/c1-14-10(2-4-15-5-3-10)9-12-6-7(11)8(16)13-9/h6H,2-5H2,1H3,(H,12,13,16). The van der Waals surface area contributed by atoms with Crippen LogP contribution in [0.2, 0.25) is 0 Å². The van der Waals surface area contributed by atoms with Gasteiger partial charge in [-0.2, -0.15) is 0 Å². The molecule has 1 aliphatic heterocycles. The van der Waals surface area contributed by atoms with Gasteiger partial charge in [0.25, 0.3) is 0 Å². The topological polar surface area (TPSA) is 47.1 Å². The van der Waals surface area contributed by atoms with Crippen molar-refractivity contribution >= 4 is 28.1 Å². The number of ether oxygens (including phenoxy) is 2. The van der Waals surface area contributed by atoms with E-state index >= 15 is 0 Å². The zero-order valence-electron chi connectivity index (χ0n) is 8.96. The van der Waals surface area contributed by atoms with Gasteiger partial charge in [-0.25, -0.2) is 4.98 Å². The molecule has 0 atom stereocenters. The van der Waals surface area contributed by atoms with Gasteiger partial charge in [-0.15, -0.1) is 0 Å². The van der Waals surface area contributed by atoms with Gasteiger partial charge < -0.3 is 14.5 Å². The number of nitrogens with zero attached hydrogens (tertiary/aromatic N) is 1. The van der Waals surface area contributed by atoms with Crippen molar-refractivity contribution in [3.8, 4) is 0 Å². The minimum atomic E-state index is -0.382. The molecule has 1 aromatic rings. The van der Waals surface area contributed by atoms with Crippen LogP contribution >= 0.6 is 28.1 Å². The van der Waals surface area contributed by atoms with E-state index < -0.39 is 0 Å². The van der Waals surface area contributed by atoms with Gasteiger partial charge in [0.05, 0.1) is 4.47 Å². The number of rotatable bonds is 2. The minimum absolute atomic E-state index is 0.382. The first-order valence-electron chi connectivity index (χ1n) is 5.06. The molecule has 0 unspecified atom stereocenters. The highest BCUT2D eigenvalue weighted by Crippen LogP contribution is 2.33. The Bertz CT molecular complexity index is 429. The molecule has 1 N–H and O–H groups in total.